The maximum atomic E-state index is 13.9. The molecule has 38 heavy (non-hydrogen) atoms. The van der Waals surface area contributed by atoms with E-state index in [1.54, 1.807) is 50.2 Å². The van der Waals surface area contributed by atoms with Crippen LogP contribution < -0.4 is 14.4 Å². The fourth-order valence-corrected chi connectivity index (χ4v) is 5.79. The molecule has 1 unspecified atom stereocenters. The zero-order chi connectivity index (χ0) is 27.9. The molecule has 2 amide bonds. The molecule has 8 nitrogen and oxygen atoms in total. The third-order valence-corrected chi connectivity index (χ3v) is 8.27. The van der Waals surface area contributed by atoms with Crippen LogP contribution in [-0.4, -0.2) is 51.4 Å². The Bertz CT molecular complexity index is 1380. The summed E-state index contributed by atoms with van der Waals surface area (Å²) in [4.78, 5) is 28.1. The van der Waals surface area contributed by atoms with E-state index in [4.69, 9.17) is 4.74 Å². The molecular formula is C28H32BrN3O5S. The summed E-state index contributed by atoms with van der Waals surface area (Å²) in [5.41, 5.74) is 1.91. The largest absolute Gasteiger partial charge is 0.495 e. The highest BCUT2D eigenvalue weighted by atomic mass is 79.9. The summed E-state index contributed by atoms with van der Waals surface area (Å²) in [6.45, 7) is 5.26. The second-order valence-electron chi connectivity index (χ2n) is 8.72. The van der Waals surface area contributed by atoms with E-state index < -0.39 is 28.5 Å². The van der Waals surface area contributed by atoms with E-state index in [9.17, 15) is 18.0 Å². The number of carbonyl (C=O) groups is 2. The number of methoxy groups -OCH3 is 1. The average molecular weight is 603 g/mol. The molecule has 3 aromatic rings. The van der Waals surface area contributed by atoms with Crippen molar-refractivity contribution in [2.45, 2.75) is 38.3 Å². The number of hydrogen-bond donors (Lipinski definition) is 1. The molecule has 0 aliphatic heterocycles. The van der Waals surface area contributed by atoms with E-state index >= 15 is 0 Å². The first-order valence-corrected chi connectivity index (χ1v) is 14.4. The average Bonchev–Trinajstić information content (AvgIpc) is 2.90. The van der Waals surface area contributed by atoms with Gasteiger partial charge in [0.05, 0.1) is 17.7 Å². The van der Waals surface area contributed by atoms with Crippen LogP contribution in [0.4, 0.5) is 5.69 Å². The minimum atomic E-state index is -4.17. The second kappa shape index (κ2) is 12.9. The Balaban J connectivity index is 2.07. The molecule has 0 spiro atoms. The lowest BCUT2D eigenvalue weighted by molar-refractivity contribution is -0.139. The van der Waals surface area contributed by atoms with Crippen LogP contribution in [0.1, 0.15) is 25.0 Å². The Hall–Kier alpha value is -3.37. The molecule has 3 aromatic carbocycles. The first kappa shape index (κ1) is 29.2. The van der Waals surface area contributed by atoms with Gasteiger partial charge in [-0.25, -0.2) is 8.42 Å². The van der Waals surface area contributed by atoms with Gasteiger partial charge in [0.25, 0.3) is 10.0 Å². The molecular weight excluding hydrogens is 570 g/mol. The maximum Gasteiger partial charge on any atom is 0.264 e. The normalized spacial score (nSPS) is 11.9. The van der Waals surface area contributed by atoms with Crippen molar-refractivity contribution in [3.8, 4) is 5.75 Å². The van der Waals surface area contributed by atoms with Crippen LogP contribution in [0, 0.1) is 6.92 Å². The third kappa shape index (κ3) is 6.93. The summed E-state index contributed by atoms with van der Waals surface area (Å²) < 4.78 is 35.1. The standard InChI is InChI=1S/C28H32BrN3O5S/c1-5-30-28(34)21(3)31(18-22-9-8-10-23(29)17-22)27(33)19-32(25-11-6-7-12-26(25)37-4)38(35,36)24-15-13-20(2)14-16-24/h6-17,21H,5,18-19H2,1-4H3,(H,30,34). The second-order valence-corrected chi connectivity index (χ2v) is 11.5. The van der Waals surface area contributed by atoms with Crippen molar-refractivity contribution in [3.05, 3.63) is 88.4 Å². The van der Waals surface area contributed by atoms with Crippen molar-refractivity contribution in [1.29, 1.82) is 0 Å². The lowest BCUT2D eigenvalue weighted by Crippen LogP contribution is -2.51. The van der Waals surface area contributed by atoms with Crippen LogP contribution in [-0.2, 0) is 26.2 Å². The van der Waals surface area contributed by atoms with Gasteiger partial charge in [0.2, 0.25) is 11.8 Å². The predicted octanol–water partition coefficient (Wildman–Crippen LogP) is 4.51. The van der Waals surface area contributed by atoms with Gasteiger partial charge in [0, 0.05) is 17.6 Å². The molecule has 10 heteroatoms. The van der Waals surface area contributed by atoms with E-state index in [0.717, 1.165) is 19.9 Å². The molecule has 1 N–H and O–H groups in total. The zero-order valence-corrected chi connectivity index (χ0v) is 24.3. The van der Waals surface area contributed by atoms with Crippen LogP contribution in [0.25, 0.3) is 0 Å². The summed E-state index contributed by atoms with van der Waals surface area (Å²) in [5, 5.41) is 2.75. The molecule has 3 rings (SSSR count). The number of anilines is 1. The maximum absolute atomic E-state index is 13.9. The van der Waals surface area contributed by atoms with Crippen LogP contribution in [0.2, 0.25) is 0 Å². The highest BCUT2D eigenvalue weighted by molar-refractivity contribution is 9.10. The van der Waals surface area contributed by atoms with Gasteiger partial charge in [-0.05, 0) is 62.7 Å². The smallest absolute Gasteiger partial charge is 0.264 e. The van der Waals surface area contributed by atoms with Crippen molar-refractivity contribution in [1.82, 2.24) is 10.2 Å². The first-order chi connectivity index (χ1) is 18.1. The molecule has 0 fully saturated rings. The summed E-state index contributed by atoms with van der Waals surface area (Å²) in [6, 6.07) is 19.6. The van der Waals surface area contributed by atoms with Gasteiger partial charge < -0.3 is 15.0 Å². The molecule has 0 radical (unpaired) electrons. The van der Waals surface area contributed by atoms with Gasteiger partial charge in [-0.15, -0.1) is 0 Å². The zero-order valence-electron chi connectivity index (χ0n) is 21.8. The molecule has 0 saturated heterocycles. The third-order valence-electron chi connectivity index (χ3n) is 6.00. The molecule has 0 bridgehead atoms. The number of sulfonamides is 1. The molecule has 0 saturated carbocycles. The van der Waals surface area contributed by atoms with Gasteiger partial charge in [0.1, 0.15) is 18.3 Å². The number of nitrogens with one attached hydrogen (secondary N) is 1. The topological polar surface area (TPSA) is 96.0 Å². The Morgan fingerprint density at radius 2 is 1.71 bits per heavy atom. The molecule has 1 atom stereocenters. The Labute approximate surface area is 232 Å². The fraction of sp³-hybridized carbons (Fsp3) is 0.286. The highest BCUT2D eigenvalue weighted by Crippen LogP contribution is 2.32. The highest BCUT2D eigenvalue weighted by Gasteiger charge is 2.33. The van der Waals surface area contributed by atoms with Crippen molar-refractivity contribution in [2.24, 2.45) is 0 Å². The van der Waals surface area contributed by atoms with Crippen molar-refractivity contribution in [3.63, 3.8) is 0 Å². The van der Waals surface area contributed by atoms with Gasteiger partial charge >= 0.3 is 0 Å². The predicted molar refractivity (Wildman–Crippen MR) is 152 cm³/mol. The quantitative estimate of drug-likeness (QED) is 0.349. The van der Waals surface area contributed by atoms with Gasteiger partial charge in [-0.2, -0.15) is 0 Å². The van der Waals surface area contributed by atoms with Gasteiger partial charge in [0.15, 0.2) is 0 Å². The Morgan fingerprint density at radius 1 is 1.03 bits per heavy atom. The van der Waals surface area contributed by atoms with E-state index in [-0.39, 0.29) is 23.0 Å². The number of rotatable bonds is 11. The lowest BCUT2D eigenvalue weighted by Gasteiger charge is -2.32. The van der Waals surface area contributed by atoms with Crippen molar-refractivity contribution >= 4 is 43.5 Å². The van der Waals surface area contributed by atoms with Gasteiger partial charge in [-0.1, -0.05) is 57.9 Å². The molecule has 0 heterocycles. The van der Waals surface area contributed by atoms with E-state index in [1.807, 2.05) is 31.2 Å². The van der Waals surface area contributed by atoms with Crippen molar-refractivity contribution in [2.75, 3.05) is 24.5 Å². The number of likely N-dealkylation sites (N-methyl/N-ethyl adjacent to an activating group) is 1. The SMILES string of the molecule is CCNC(=O)C(C)N(Cc1cccc(Br)c1)C(=O)CN(c1ccccc1OC)S(=O)(=O)c1ccc(C)cc1. The van der Waals surface area contributed by atoms with Crippen LogP contribution in [0.3, 0.4) is 0 Å². The number of aryl methyl sites for hydroxylation is 1. The molecule has 0 aliphatic carbocycles. The summed E-state index contributed by atoms with van der Waals surface area (Å²) >= 11 is 3.44. The monoisotopic (exact) mass is 601 g/mol. The minimum absolute atomic E-state index is 0.0390. The van der Waals surface area contributed by atoms with Crippen LogP contribution >= 0.6 is 15.9 Å². The Morgan fingerprint density at radius 3 is 2.34 bits per heavy atom. The molecule has 0 aromatic heterocycles. The van der Waals surface area contributed by atoms with Crippen LogP contribution in [0.5, 0.6) is 5.75 Å². The van der Waals surface area contributed by atoms with Crippen molar-refractivity contribution < 1.29 is 22.7 Å². The number of amides is 2. The summed E-state index contributed by atoms with van der Waals surface area (Å²) in [7, 11) is -2.73. The van der Waals surface area contributed by atoms with Crippen LogP contribution in [0.15, 0.2) is 82.2 Å². The lowest BCUT2D eigenvalue weighted by atomic mass is 10.1. The van der Waals surface area contributed by atoms with E-state index in [2.05, 4.69) is 21.2 Å². The number of benzene rings is 3. The molecule has 0 aliphatic rings. The number of ether oxygens (including phenoxy) is 1. The summed E-state index contributed by atoms with van der Waals surface area (Å²) in [5.74, 6) is -0.572. The van der Waals surface area contributed by atoms with Gasteiger partial charge in [-0.3, -0.25) is 13.9 Å². The van der Waals surface area contributed by atoms with E-state index in [1.165, 1.54) is 24.1 Å². The van der Waals surface area contributed by atoms with E-state index in [0.29, 0.717) is 12.3 Å². The number of nitrogens with zero attached hydrogens (tertiary/aromatic N) is 2. The Kier molecular flexibility index (Phi) is 9.93. The molecule has 202 valence electrons. The number of halogens is 1. The first-order valence-electron chi connectivity index (χ1n) is 12.1. The summed E-state index contributed by atoms with van der Waals surface area (Å²) in [6.07, 6.45) is 0. The number of hydrogen-bond acceptors (Lipinski definition) is 5. The number of carbonyl (C=O) groups excluding carboxylic acids is 2. The number of para-hydroxylation sites is 2. The minimum Gasteiger partial charge on any atom is -0.495 e. The fourth-order valence-electron chi connectivity index (χ4n) is 3.92.